The van der Waals surface area contributed by atoms with Gasteiger partial charge in [0, 0.05) is 11.1 Å². The summed E-state index contributed by atoms with van der Waals surface area (Å²) in [5, 5.41) is 20.4. The average molecular weight is 327 g/mol. The molecule has 2 atom stereocenters. The Kier molecular flexibility index (Phi) is 4.24. The van der Waals surface area contributed by atoms with Crippen molar-refractivity contribution in [1.82, 2.24) is 0 Å². The van der Waals surface area contributed by atoms with Crippen molar-refractivity contribution in [2.24, 2.45) is 4.99 Å². The normalized spacial score (nSPS) is 23.6. The van der Waals surface area contributed by atoms with Gasteiger partial charge in [-0.1, -0.05) is 66.4 Å². The van der Waals surface area contributed by atoms with Gasteiger partial charge in [-0.05, 0) is 12.5 Å². The molecule has 0 bridgehead atoms. The Morgan fingerprint density at radius 1 is 1.17 bits per heavy atom. The number of aliphatic carboxylic acids is 1. The van der Waals surface area contributed by atoms with Crippen LogP contribution in [0.3, 0.4) is 0 Å². The monoisotopic (exact) mass is 327 g/mol. The van der Waals surface area contributed by atoms with Gasteiger partial charge in [0.15, 0.2) is 5.72 Å². The van der Waals surface area contributed by atoms with Gasteiger partial charge in [-0.2, -0.15) is 0 Å². The maximum Gasteiger partial charge on any atom is 0.304 e. The van der Waals surface area contributed by atoms with E-state index in [1.807, 2.05) is 49.4 Å². The van der Waals surface area contributed by atoms with Crippen LogP contribution in [0.25, 0.3) is 0 Å². The number of aliphatic hydroxyl groups is 1. The van der Waals surface area contributed by atoms with Gasteiger partial charge in [-0.25, -0.2) is 4.99 Å². The molecule has 0 amide bonds. The Balaban J connectivity index is 2.06. The van der Waals surface area contributed by atoms with Gasteiger partial charge in [-0.3, -0.25) is 4.79 Å². The molecule has 3 rings (SSSR count). The largest absolute Gasteiger partial charge is 0.481 e. The van der Waals surface area contributed by atoms with Crippen LogP contribution in [0.5, 0.6) is 0 Å². The summed E-state index contributed by atoms with van der Waals surface area (Å²) in [6.07, 6.45) is -0.158. The average Bonchev–Trinajstić information content (AvgIpc) is 2.86. The maximum absolute atomic E-state index is 11.2. The third kappa shape index (κ3) is 3.02. The van der Waals surface area contributed by atoms with Crippen molar-refractivity contribution < 1.29 is 15.0 Å². The minimum absolute atomic E-state index is 0.158. The lowest BCUT2D eigenvalue weighted by molar-refractivity contribution is -0.138. The molecule has 0 aromatic heterocycles. The maximum atomic E-state index is 11.2. The first-order chi connectivity index (χ1) is 11.0. The highest BCUT2D eigenvalue weighted by molar-refractivity contribution is 8.15. The summed E-state index contributed by atoms with van der Waals surface area (Å²) in [5.41, 5.74) is 1.06. The fourth-order valence-electron chi connectivity index (χ4n) is 2.68. The molecule has 23 heavy (non-hydrogen) atoms. The quantitative estimate of drug-likeness (QED) is 0.905. The molecule has 1 aliphatic heterocycles. The van der Waals surface area contributed by atoms with Crippen LogP contribution in [0, 0.1) is 6.92 Å². The van der Waals surface area contributed by atoms with Gasteiger partial charge in [-0.15, -0.1) is 0 Å². The highest BCUT2D eigenvalue weighted by Gasteiger charge is 2.46. The summed E-state index contributed by atoms with van der Waals surface area (Å²) in [6, 6.07) is 16.8. The number of aliphatic imine (C=N–C) groups is 1. The number of aryl methyl sites for hydroxylation is 1. The molecule has 2 aromatic rings. The number of carboxylic acid groups (broad SMARTS) is 1. The third-order valence-electron chi connectivity index (χ3n) is 3.91. The standard InChI is InChI=1S/C18H17NO3S/c1-12-7-5-6-10-14(12)17-19-18(22,13-8-3-2-4-9-13)15(23-17)11-16(20)21/h2-10,15,22H,11H2,1H3,(H,20,21). The molecule has 0 saturated heterocycles. The summed E-state index contributed by atoms with van der Waals surface area (Å²) >= 11 is 1.33. The molecule has 1 heterocycles. The molecule has 0 fully saturated rings. The van der Waals surface area contributed by atoms with Crippen molar-refractivity contribution >= 4 is 22.8 Å². The molecule has 0 aliphatic carbocycles. The summed E-state index contributed by atoms with van der Waals surface area (Å²) in [7, 11) is 0. The van der Waals surface area contributed by atoms with E-state index < -0.39 is 16.9 Å². The molecule has 0 radical (unpaired) electrons. The van der Waals surface area contributed by atoms with Gasteiger partial charge in [0.25, 0.3) is 0 Å². The van der Waals surface area contributed by atoms with Crippen LogP contribution in [0.4, 0.5) is 0 Å². The summed E-state index contributed by atoms with van der Waals surface area (Å²) < 4.78 is 0. The second-order valence-electron chi connectivity index (χ2n) is 5.53. The van der Waals surface area contributed by atoms with Gasteiger partial charge >= 0.3 is 5.97 Å². The van der Waals surface area contributed by atoms with Gasteiger partial charge < -0.3 is 10.2 Å². The second kappa shape index (κ2) is 6.18. The Bertz CT molecular complexity index is 760. The summed E-state index contributed by atoms with van der Waals surface area (Å²) in [6.45, 7) is 1.98. The zero-order valence-corrected chi connectivity index (χ0v) is 13.5. The molecular weight excluding hydrogens is 310 g/mol. The number of carboxylic acids is 1. The van der Waals surface area contributed by atoms with Crippen LogP contribution < -0.4 is 0 Å². The molecule has 0 saturated carbocycles. The highest BCUT2D eigenvalue weighted by Crippen LogP contribution is 2.44. The fraction of sp³-hybridized carbons (Fsp3) is 0.222. The first-order valence-electron chi connectivity index (χ1n) is 7.33. The summed E-state index contributed by atoms with van der Waals surface area (Å²) in [4.78, 5) is 15.7. The molecule has 2 N–H and O–H groups in total. The summed E-state index contributed by atoms with van der Waals surface area (Å²) in [5.74, 6) is -0.946. The van der Waals surface area contributed by atoms with E-state index >= 15 is 0 Å². The topological polar surface area (TPSA) is 69.9 Å². The molecule has 5 heteroatoms. The molecule has 118 valence electrons. The van der Waals surface area contributed by atoms with E-state index in [1.165, 1.54) is 11.8 Å². The van der Waals surface area contributed by atoms with Crippen molar-refractivity contribution in [2.45, 2.75) is 24.3 Å². The zero-order chi connectivity index (χ0) is 16.4. The van der Waals surface area contributed by atoms with Crippen LogP contribution in [0.2, 0.25) is 0 Å². The fourth-order valence-corrected chi connectivity index (χ4v) is 4.08. The number of hydrogen-bond donors (Lipinski definition) is 2. The molecule has 4 nitrogen and oxygen atoms in total. The van der Waals surface area contributed by atoms with E-state index in [2.05, 4.69) is 4.99 Å². The lowest BCUT2D eigenvalue weighted by Gasteiger charge is -2.26. The van der Waals surface area contributed by atoms with E-state index in [-0.39, 0.29) is 6.42 Å². The Morgan fingerprint density at radius 3 is 2.48 bits per heavy atom. The van der Waals surface area contributed by atoms with E-state index in [0.717, 1.165) is 11.1 Å². The number of rotatable bonds is 4. The number of carbonyl (C=O) groups is 1. The Labute approximate surface area is 138 Å². The first kappa shape index (κ1) is 15.8. The molecule has 1 aliphatic rings. The number of nitrogens with zero attached hydrogens (tertiary/aromatic N) is 1. The van der Waals surface area contributed by atoms with Gasteiger partial charge in [0.2, 0.25) is 0 Å². The van der Waals surface area contributed by atoms with E-state index in [0.29, 0.717) is 10.6 Å². The van der Waals surface area contributed by atoms with Crippen LogP contribution >= 0.6 is 11.8 Å². The van der Waals surface area contributed by atoms with Crippen molar-refractivity contribution in [3.63, 3.8) is 0 Å². The molecular formula is C18H17NO3S. The first-order valence-corrected chi connectivity index (χ1v) is 8.21. The van der Waals surface area contributed by atoms with Gasteiger partial charge in [0.05, 0.1) is 11.7 Å². The SMILES string of the molecule is Cc1ccccc1C1=NC(O)(c2ccccc2)C(CC(=O)O)S1. The predicted octanol–water partition coefficient (Wildman–Crippen LogP) is 3.18. The van der Waals surface area contributed by atoms with E-state index in [1.54, 1.807) is 12.1 Å². The van der Waals surface area contributed by atoms with Crippen LogP contribution in [0.1, 0.15) is 23.1 Å². The predicted molar refractivity (Wildman–Crippen MR) is 91.7 cm³/mol. The molecule has 0 spiro atoms. The lowest BCUT2D eigenvalue weighted by atomic mass is 9.97. The Morgan fingerprint density at radius 2 is 1.83 bits per heavy atom. The smallest absolute Gasteiger partial charge is 0.304 e. The minimum Gasteiger partial charge on any atom is -0.481 e. The van der Waals surface area contributed by atoms with Crippen molar-refractivity contribution in [1.29, 1.82) is 0 Å². The molecule has 2 aromatic carbocycles. The molecule has 2 unspecified atom stereocenters. The number of benzene rings is 2. The third-order valence-corrected chi connectivity index (χ3v) is 5.22. The van der Waals surface area contributed by atoms with Crippen molar-refractivity contribution in [3.05, 3.63) is 71.3 Å². The van der Waals surface area contributed by atoms with Crippen LogP contribution in [-0.2, 0) is 10.5 Å². The van der Waals surface area contributed by atoms with Crippen molar-refractivity contribution in [3.8, 4) is 0 Å². The van der Waals surface area contributed by atoms with Crippen LogP contribution in [0.15, 0.2) is 59.6 Å². The van der Waals surface area contributed by atoms with Crippen LogP contribution in [-0.4, -0.2) is 26.5 Å². The van der Waals surface area contributed by atoms with Crippen molar-refractivity contribution in [2.75, 3.05) is 0 Å². The van der Waals surface area contributed by atoms with E-state index in [9.17, 15) is 15.0 Å². The minimum atomic E-state index is -1.53. The lowest BCUT2D eigenvalue weighted by Crippen LogP contribution is -2.34. The highest BCUT2D eigenvalue weighted by atomic mass is 32.2. The number of thioether (sulfide) groups is 1. The Hall–Kier alpha value is -2.11. The van der Waals surface area contributed by atoms with Gasteiger partial charge in [0.1, 0.15) is 5.04 Å². The zero-order valence-electron chi connectivity index (χ0n) is 12.6. The van der Waals surface area contributed by atoms with E-state index in [4.69, 9.17) is 0 Å². The second-order valence-corrected chi connectivity index (χ2v) is 6.72. The number of hydrogen-bond acceptors (Lipinski definition) is 4.